The van der Waals surface area contributed by atoms with Crippen molar-refractivity contribution in [3.63, 3.8) is 0 Å². The first-order valence-electron chi connectivity index (χ1n) is 9.68. The summed E-state index contributed by atoms with van der Waals surface area (Å²) in [6.07, 6.45) is -2.42. The number of nitrogens with zero attached hydrogens (tertiary/aromatic N) is 2. The van der Waals surface area contributed by atoms with E-state index in [0.717, 1.165) is 41.7 Å². The monoisotopic (exact) mass is 438 g/mol. The number of carbonyl (C=O) groups is 3. The minimum absolute atomic E-state index is 0.155. The maximum atomic E-state index is 12.4. The Bertz CT molecular complexity index is 875. The zero-order chi connectivity index (χ0) is 23.7. The van der Waals surface area contributed by atoms with E-state index < -0.39 is 24.1 Å². The van der Waals surface area contributed by atoms with Crippen LogP contribution in [-0.2, 0) is 20.8 Å². The third-order valence-corrected chi connectivity index (χ3v) is 4.51. The Morgan fingerprint density at radius 1 is 1.03 bits per heavy atom. The zero-order valence-electron chi connectivity index (χ0n) is 18.1. The van der Waals surface area contributed by atoms with Gasteiger partial charge in [-0.05, 0) is 39.6 Å². The molecular formula is C21H30N2O8. The third kappa shape index (κ3) is 8.00. The van der Waals surface area contributed by atoms with Crippen molar-refractivity contribution >= 4 is 28.8 Å². The number of hydrogen-bond donors (Lipinski definition) is 4. The summed E-state index contributed by atoms with van der Waals surface area (Å²) in [5.74, 6) is -3.38. The molecule has 10 heteroatoms. The topological polar surface area (TPSA) is 152 Å². The van der Waals surface area contributed by atoms with Gasteiger partial charge in [-0.1, -0.05) is 12.1 Å². The van der Waals surface area contributed by atoms with Gasteiger partial charge in [-0.2, -0.15) is 0 Å². The molecule has 31 heavy (non-hydrogen) atoms. The third-order valence-electron chi connectivity index (χ3n) is 4.51. The first-order chi connectivity index (χ1) is 14.5. The molecule has 2 atom stereocenters. The largest absolute Gasteiger partial charge is 0.479 e. The van der Waals surface area contributed by atoms with Gasteiger partial charge < -0.3 is 34.6 Å². The van der Waals surface area contributed by atoms with Gasteiger partial charge in [0.15, 0.2) is 12.2 Å². The number of furan rings is 1. The number of aryl methyl sites for hydroxylation is 1. The van der Waals surface area contributed by atoms with E-state index in [1.165, 1.54) is 0 Å². The average Bonchev–Trinajstić information content (AvgIpc) is 3.08. The molecule has 2 unspecified atom stereocenters. The normalized spacial score (nSPS) is 12.7. The van der Waals surface area contributed by atoms with E-state index in [9.17, 15) is 14.4 Å². The molecule has 1 aromatic carbocycles. The standard InChI is InChI=1S/C17H24N2O2.C4H6O6/c1-5-19(9-8-18(3)4)17(20)11-14-12-21-16-10-13(2)6-7-15(14)16;5-1(3(7)8)2(6)4(9)10/h6-7,10,12H,5,8-9,11H2,1-4H3;1-2,5-6H,(H,7,8)(H,9,10). The van der Waals surface area contributed by atoms with Crippen LogP contribution in [0.4, 0.5) is 0 Å². The van der Waals surface area contributed by atoms with Gasteiger partial charge >= 0.3 is 11.9 Å². The van der Waals surface area contributed by atoms with Gasteiger partial charge in [0.1, 0.15) is 5.58 Å². The molecule has 1 amide bonds. The summed E-state index contributed by atoms with van der Waals surface area (Å²) in [5.41, 5.74) is 2.99. The van der Waals surface area contributed by atoms with Gasteiger partial charge in [0.2, 0.25) is 5.91 Å². The molecule has 2 rings (SSSR count). The number of rotatable bonds is 9. The second-order valence-corrected chi connectivity index (χ2v) is 7.28. The van der Waals surface area contributed by atoms with Gasteiger partial charge in [-0.15, -0.1) is 0 Å². The molecule has 0 spiro atoms. The highest BCUT2D eigenvalue weighted by atomic mass is 16.4. The second kappa shape index (κ2) is 12.0. The predicted molar refractivity (Wildman–Crippen MR) is 113 cm³/mol. The summed E-state index contributed by atoms with van der Waals surface area (Å²) in [6.45, 7) is 6.43. The molecule has 0 aliphatic carbocycles. The number of carboxylic acid groups (broad SMARTS) is 2. The van der Waals surface area contributed by atoms with Crippen LogP contribution < -0.4 is 0 Å². The van der Waals surface area contributed by atoms with Crippen molar-refractivity contribution in [2.24, 2.45) is 0 Å². The van der Waals surface area contributed by atoms with E-state index in [0.29, 0.717) is 6.42 Å². The van der Waals surface area contributed by atoms with Crippen molar-refractivity contribution < 1.29 is 39.2 Å². The van der Waals surface area contributed by atoms with Crippen molar-refractivity contribution in [1.82, 2.24) is 9.80 Å². The van der Waals surface area contributed by atoms with Gasteiger partial charge in [0, 0.05) is 30.6 Å². The highest BCUT2D eigenvalue weighted by Crippen LogP contribution is 2.23. The van der Waals surface area contributed by atoms with Gasteiger partial charge in [-0.3, -0.25) is 4.79 Å². The summed E-state index contributed by atoms with van der Waals surface area (Å²) in [5, 5.41) is 33.6. The highest BCUT2D eigenvalue weighted by Gasteiger charge is 2.29. The van der Waals surface area contributed by atoms with Crippen LogP contribution in [0.1, 0.15) is 18.1 Å². The fourth-order valence-electron chi connectivity index (χ4n) is 2.65. The summed E-state index contributed by atoms with van der Waals surface area (Å²) in [4.78, 5) is 36.0. The first-order valence-corrected chi connectivity index (χ1v) is 9.68. The van der Waals surface area contributed by atoms with E-state index in [1.54, 1.807) is 6.26 Å². The molecule has 1 heterocycles. The van der Waals surface area contributed by atoms with E-state index in [-0.39, 0.29) is 5.91 Å². The molecule has 1 aromatic heterocycles. The molecular weight excluding hydrogens is 408 g/mol. The molecule has 172 valence electrons. The van der Waals surface area contributed by atoms with Crippen LogP contribution >= 0.6 is 0 Å². The minimum Gasteiger partial charge on any atom is -0.479 e. The number of amides is 1. The fraction of sp³-hybridized carbons (Fsp3) is 0.476. The molecule has 0 bridgehead atoms. The van der Waals surface area contributed by atoms with Crippen LogP contribution in [0.3, 0.4) is 0 Å². The van der Waals surface area contributed by atoms with Crippen LogP contribution in [0.2, 0.25) is 0 Å². The molecule has 2 aromatic rings. The lowest BCUT2D eigenvalue weighted by molar-refractivity contribution is -0.165. The molecule has 0 saturated carbocycles. The smallest absolute Gasteiger partial charge is 0.335 e. The van der Waals surface area contributed by atoms with Crippen molar-refractivity contribution in [2.75, 3.05) is 33.7 Å². The molecule has 0 saturated heterocycles. The molecule has 0 radical (unpaired) electrons. The Kier molecular flexibility index (Phi) is 10.1. The van der Waals surface area contributed by atoms with Crippen LogP contribution in [0.15, 0.2) is 28.9 Å². The number of aliphatic hydroxyl groups is 2. The number of benzene rings is 1. The van der Waals surface area contributed by atoms with Crippen LogP contribution in [0, 0.1) is 6.92 Å². The summed E-state index contributed by atoms with van der Waals surface area (Å²) in [7, 11) is 4.04. The number of fused-ring (bicyclic) bond motifs is 1. The number of likely N-dealkylation sites (N-methyl/N-ethyl adjacent to an activating group) is 2. The van der Waals surface area contributed by atoms with Gasteiger partial charge in [-0.25, -0.2) is 9.59 Å². The minimum atomic E-state index is -2.27. The molecule has 10 nitrogen and oxygen atoms in total. The number of carboxylic acids is 2. The van der Waals surface area contributed by atoms with E-state index in [4.69, 9.17) is 24.8 Å². The van der Waals surface area contributed by atoms with Crippen molar-refractivity contribution in [3.05, 3.63) is 35.6 Å². The number of hydrogen-bond acceptors (Lipinski definition) is 7. The maximum Gasteiger partial charge on any atom is 0.335 e. The Balaban J connectivity index is 0.000000407. The summed E-state index contributed by atoms with van der Waals surface area (Å²) >= 11 is 0. The van der Waals surface area contributed by atoms with Crippen molar-refractivity contribution in [2.45, 2.75) is 32.5 Å². The fourth-order valence-corrected chi connectivity index (χ4v) is 2.65. The van der Waals surface area contributed by atoms with Gasteiger partial charge in [0.25, 0.3) is 0 Å². The van der Waals surface area contributed by atoms with E-state index in [1.807, 2.05) is 45.0 Å². The summed E-state index contributed by atoms with van der Waals surface area (Å²) in [6, 6.07) is 6.09. The zero-order valence-corrected chi connectivity index (χ0v) is 18.1. The molecule has 0 fully saturated rings. The van der Waals surface area contributed by atoms with Crippen LogP contribution in [0.25, 0.3) is 11.0 Å². The quantitative estimate of drug-likeness (QED) is 0.440. The van der Waals surface area contributed by atoms with Crippen molar-refractivity contribution in [1.29, 1.82) is 0 Å². The van der Waals surface area contributed by atoms with E-state index >= 15 is 0 Å². The van der Waals surface area contributed by atoms with Crippen LogP contribution in [-0.4, -0.2) is 94.0 Å². The molecule has 0 aliphatic heterocycles. The SMILES string of the molecule is CCN(CCN(C)C)C(=O)Cc1coc2cc(C)ccc12.O=C(O)C(O)C(O)C(=O)O. The number of carbonyl (C=O) groups excluding carboxylic acids is 1. The van der Waals surface area contributed by atoms with Gasteiger partial charge in [0.05, 0.1) is 12.7 Å². The lowest BCUT2D eigenvalue weighted by atomic mass is 10.1. The summed E-state index contributed by atoms with van der Waals surface area (Å²) < 4.78 is 5.56. The lowest BCUT2D eigenvalue weighted by Crippen LogP contribution is -2.39. The predicted octanol–water partition coefficient (Wildman–Crippen LogP) is 0.571. The Hall–Kier alpha value is -2.95. The Morgan fingerprint density at radius 3 is 2.10 bits per heavy atom. The maximum absolute atomic E-state index is 12.4. The van der Waals surface area contributed by atoms with Crippen LogP contribution in [0.5, 0.6) is 0 Å². The molecule has 4 N–H and O–H groups in total. The average molecular weight is 438 g/mol. The van der Waals surface area contributed by atoms with Crippen molar-refractivity contribution in [3.8, 4) is 0 Å². The Morgan fingerprint density at radius 2 is 1.61 bits per heavy atom. The first kappa shape index (κ1) is 26.1. The second-order valence-electron chi connectivity index (χ2n) is 7.28. The lowest BCUT2D eigenvalue weighted by Gasteiger charge is -2.22. The number of aliphatic hydroxyl groups excluding tert-OH is 2. The Labute approximate surface area is 180 Å². The highest BCUT2D eigenvalue weighted by molar-refractivity contribution is 5.88. The molecule has 0 aliphatic rings. The number of aliphatic carboxylic acids is 2. The van der Waals surface area contributed by atoms with E-state index in [2.05, 4.69) is 11.0 Å².